The number of nitrogens with one attached hydrogen (secondary N) is 1. The fourth-order valence-corrected chi connectivity index (χ4v) is 3.05. The number of piperidine rings is 1. The minimum atomic E-state index is 0.545. The van der Waals surface area contributed by atoms with Gasteiger partial charge in [0.05, 0.1) is 11.6 Å². The number of anilines is 1. The number of furan rings is 1. The Morgan fingerprint density at radius 2 is 2.35 bits per heavy atom. The maximum absolute atomic E-state index is 5.50. The number of fused-ring (bicyclic) bond motifs is 1. The quantitative estimate of drug-likeness (QED) is 0.849. The smallest absolute Gasteiger partial charge is 0.139 e. The highest BCUT2D eigenvalue weighted by molar-refractivity contribution is 5.88. The van der Waals surface area contributed by atoms with E-state index >= 15 is 0 Å². The van der Waals surface area contributed by atoms with E-state index in [-0.39, 0.29) is 0 Å². The first-order valence-electron chi connectivity index (χ1n) is 7.69. The highest BCUT2D eigenvalue weighted by Crippen LogP contribution is 2.30. The van der Waals surface area contributed by atoms with E-state index < -0.39 is 0 Å². The lowest BCUT2D eigenvalue weighted by molar-refractivity contribution is 0.434. The summed E-state index contributed by atoms with van der Waals surface area (Å²) in [7, 11) is 0. The van der Waals surface area contributed by atoms with E-state index in [9.17, 15) is 0 Å². The van der Waals surface area contributed by atoms with Gasteiger partial charge in [0.15, 0.2) is 0 Å². The Morgan fingerprint density at radius 1 is 1.40 bits per heavy atom. The normalized spacial score (nSPS) is 19.6. The van der Waals surface area contributed by atoms with Gasteiger partial charge in [0.1, 0.15) is 11.4 Å². The molecule has 3 rings (SSSR count). The lowest BCUT2D eigenvalue weighted by atomic mass is 10.0. The van der Waals surface area contributed by atoms with Crippen molar-refractivity contribution in [1.82, 2.24) is 10.3 Å². The molecule has 0 aliphatic carbocycles. The van der Waals surface area contributed by atoms with Crippen LogP contribution in [-0.2, 0) is 0 Å². The van der Waals surface area contributed by atoms with Crippen LogP contribution in [0.5, 0.6) is 0 Å². The number of pyridine rings is 1. The summed E-state index contributed by atoms with van der Waals surface area (Å²) in [6.07, 6.45) is 8.60. The highest BCUT2D eigenvalue weighted by atomic mass is 16.3. The fraction of sp³-hybridized carbons (Fsp3) is 0.562. The molecule has 0 saturated carbocycles. The van der Waals surface area contributed by atoms with Gasteiger partial charge < -0.3 is 14.6 Å². The van der Waals surface area contributed by atoms with Crippen LogP contribution in [0.25, 0.3) is 11.0 Å². The van der Waals surface area contributed by atoms with E-state index in [0.29, 0.717) is 6.04 Å². The van der Waals surface area contributed by atoms with Crippen LogP contribution in [0, 0.1) is 0 Å². The first-order valence-corrected chi connectivity index (χ1v) is 7.69. The van der Waals surface area contributed by atoms with Gasteiger partial charge in [-0.1, -0.05) is 6.92 Å². The third-order valence-corrected chi connectivity index (χ3v) is 4.06. The van der Waals surface area contributed by atoms with E-state index in [0.717, 1.165) is 36.4 Å². The number of hydrogen-bond acceptors (Lipinski definition) is 4. The zero-order chi connectivity index (χ0) is 13.8. The van der Waals surface area contributed by atoms with E-state index in [1.807, 2.05) is 18.3 Å². The Bertz CT molecular complexity index is 551. The van der Waals surface area contributed by atoms with Crippen LogP contribution in [0.1, 0.15) is 32.6 Å². The fourth-order valence-electron chi connectivity index (χ4n) is 3.05. The second-order valence-corrected chi connectivity index (χ2v) is 5.51. The lowest BCUT2D eigenvalue weighted by Gasteiger charge is -2.37. The molecule has 2 aromatic heterocycles. The van der Waals surface area contributed by atoms with Crippen molar-refractivity contribution in [1.29, 1.82) is 0 Å². The summed E-state index contributed by atoms with van der Waals surface area (Å²) in [4.78, 5) is 7.08. The zero-order valence-corrected chi connectivity index (χ0v) is 12.1. The van der Waals surface area contributed by atoms with E-state index in [2.05, 4.69) is 22.1 Å². The van der Waals surface area contributed by atoms with Crippen molar-refractivity contribution in [3.8, 4) is 0 Å². The molecular formula is C16H23N3O. The Labute approximate surface area is 120 Å². The van der Waals surface area contributed by atoms with Gasteiger partial charge in [-0.3, -0.25) is 0 Å². The van der Waals surface area contributed by atoms with Crippen molar-refractivity contribution in [2.75, 3.05) is 24.5 Å². The minimum Gasteiger partial charge on any atom is -0.464 e. The Morgan fingerprint density at radius 3 is 3.25 bits per heavy atom. The predicted molar refractivity (Wildman–Crippen MR) is 82.2 cm³/mol. The minimum absolute atomic E-state index is 0.545. The van der Waals surface area contributed by atoms with Crippen LogP contribution < -0.4 is 10.2 Å². The van der Waals surface area contributed by atoms with Crippen LogP contribution in [0.2, 0.25) is 0 Å². The van der Waals surface area contributed by atoms with Gasteiger partial charge in [-0.2, -0.15) is 0 Å². The summed E-state index contributed by atoms with van der Waals surface area (Å²) >= 11 is 0. The number of rotatable bonds is 5. The zero-order valence-electron chi connectivity index (χ0n) is 12.1. The second kappa shape index (κ2) is 6.27. The summed E-state index contributed by atoms with van der Waals surface area (Å²) in [5.41, 5.74) is 0.931. The van der Waals surface area contributed by atoms with Gasteiger partial charge in [-0.05, 0) is 44.4 Å². The number of aromatic nitrogens is 1. The summed E-state index contributed by atoms with van der Waals surface area (Å²) < 4.78 is 5.50. The van der Waals surface area contributed by atoms with Gasteiger partial charge in [-0.25, -0.2) is 4.98 Å². The predicted octanol–water partition coefficient (Wildman–Crippen LogP) is 3.19. The molecule has 2 aromatic rings. The Kier molecular flexibility index (Phi) is 4.21. The van der Waals surface area contributed by atoms with Crippen molar-refractivity contribution in [2.45, 2.75) is 38.6 Å². The maximum atomic E-state index is 5.50. The lowest BCUT2D eigenvalue weighted by Crippen LogP contribution is -2.46. The van der Waals surface area contributed by atoms with Crippen molar-refractivity contribution < 1.29 is 4.42 Å². The van der Waals surface area contributed by atoms with Crippen molar-refractivity contribution in [2.24, 2.45) is 0 Å². The van der Waals surface area contributed by atoms with Crippen LogP contribution in [0.3, 0.4) is 0 Å². The molecule has 0 radical (unpaired) electrons. The summed E-state index contributed by atoms with van der Waals surface area (Å²) in [5.74, 6) is 1.08. The van der Waals surface area contributed by atoms with E-state index in [1.165, 1.54) is 25.7 Å². The maximum Gasteiger partial charge on any atom is 0.139 e. The first-order chi connectivity index (χ1) is 9.90. The van der Waals surface area contributed by atoms with Crippen LogP contribution in [0.15, 0.2) is 29.0 Å². The molecule has 4 nitrogen and oxygen atoms in total. The molecule has 1 aliphatic rings. The van der Waals surface area contributed by atoms with Crippen molar-refractivity contribution in [3.05, 3.63) is 24.6 Å². The molecule has 1 N–H and O–H groups in total. The summed E-state index contributed by atoms with van der Waals surface area (Å²) in [6.45, 7) is 5.44. The summed E-state index contributed by atoms with van der Waals surface area (Å²) in [5, 5.41) is 4.69. The van der Waals surface area contributed by atoms with Gasteiger partial charge in [-0.15, -0.1) is 0 Å². The molecule has 1 fully saturated rings. The topological polar surface area (TPSA) is 41.3 Å². The van der Waals surface area contributed by atoms with Gasteiger partial charge in [0.25, 0.3) is 0 Å². The standard InChI is InChI=1S/C16H23N3O/c1-2-8-17-12-13-5-3-4-10-19(13)16-14-7-11-20-15(14)6-9-18-16/h6-7,9,11,13,17H,2-5,8,10,12H2,1H3. The van der Waals surface area contributed by atoms with Crippen LogP contribution >= 0.6 is 0 Å². The van der Waals surface area contributed by atoms with Crippen LogP contribution in [0.4, 0.5) is 5.82 Å². The molecule has 3 heterocycles. The Hall–Kier alpha value is -1.55. The molecule has 20 heavy (non-hydrogen) atoms. The van der Waals surface area contributed by atoms with Gasteiger partial charge in [0, 0.05) is 25.3 Å². The van der Waals surface area contributed by atoms with E-state index in [4.69, 9.17) is 4.42 Å². The third-order valence-electron chi connectivity index (χ3n) is 4.06. The van der Waals surface area contributed by atoms with E-state index in [1.54, 1.807) is 6.26 Å². The molecule has 0 aromatic carbocycles. The van der Waals surface area contributed by atoms with Crippen molar-refractivity contribution in [3.63, 3.8) is 0 Å². The molecule has 4 heteroatoms. The summed E-state index contributed by atoms with van der Waals surface area (Å²) in [6, 6.07) is 4.51. The molecule has 0 bridgehead atoms. The molecular weight excluding hydrogens is 250 g/mol. The number of nitrogens with zero attached hydrogens (tertiary/aromatic N) is 2. The van der Waals surface area contributed by atoms with Crippen molar-refractivity contribution >= 4 is 16.8 Å². The third kappa shape index (κ3) is 2.66. The molecule has 108 valence electrons. The van der Waals surface area contributed by atoms with Gasteiger partial charge >= 0.3 is 0 Å². The monoisotopic (exact) mass is 273 g/mol. The average molecular weight is 273 g/mol. The molecule has 1 atom stereocenters. The van der Waals surface area contributed by atoms with Crippen LogP contribution in [-0.4, -0.2) is 30.7 Å². The highest BCUT2D eigenvalue weighted by Gasteiger charge is 2.24. The SMILES string of the molecule is CCCNCC1CCCCN1c1nccc2occc12. The molecule has 1 unspecified atom stereocenters. The molecule has 0 spiro atoms. The number of hydrogen-bond donors (Lipinski definition) is 1. The average Bonchev–Trinajstić information content (AvgIpc) is 2.96. The molecule has 1 aliphatic heterocycles. The van der Waals surface area contributed by atoms with Gasteiger partial charge in [0.2, 0.25) is 0 Å². The molecule has 1 saturated heterocycles. The Balaban J connectivity index is 1.83. The second-order valence-electron chi connectivity index (χ2n) is 5.51. The molecule has 0 amide bonds. The largest absolute Gasteiger partial charge is 0.464 e. The first kappa shape index (κ1) is 13.4.